The number of aryl methyl sites for hydroxylation is 3. The average molecular weight is 512 g/mol. The van der Waals surface area contributed by atoms with Crippen LogP contribution in [0.1, 0.15) is 39.2 Å². The van der Waals surface area contributed by atoms with E-state index >= 15 is 0 Å². The van der Waals surface area contributed by atoms with Crippen molar-refractivity contribution in [2.75, 3.05) is 4.72 Å². The van der Waals surface area contributed by atoms with Gasteiger partial charge in [-0.15, -0.1) is 12.4 Å². The zero-order valence-electron chi connectivity index (χ0n) is 20.4. The first kappa shape index (κ1) is 26.2. The van der Waals surface area contributed by atoms with Crippen molar-refractivity contribution in [3.63, 3.8) is 0 Å². The van der Waals surface area contributed by atoms with Crippen LogP contribution in [0.2, 0.25) is 0 Å². The lowest BCUT2D eigenvalue weighted by Gasteiger charge is -2.16. The van der Waals surface area contributed by atoms with Crippen LogP contribution in [0.5, 0.6) is 0 Å². The highest BCUT2D eigenvalue weighted by Crippen LogP contribution is 2.29. The van der Waals surface area contributed by atoms with Crippen molar-refractivity contribution in [3.8, 4) is 0 Å². The fraction of sp³-hybridized carbons (Fsp3) is 0.231. The van der Waals surface area contributed by atoms with Gasteiger partial charge in [-0.05, 0) is 73.7 Å². The predicted molar refractivity (Wildman–Crippen MR) is 144 cm³/mol. The third kappa shape index (κ3) is 5.04. The molecule has 0 radical (unpaired) electrons. The monoisotopic (exact) mass is 511 g/mol. The molecule has 0 aliphatic carbocycles. The topological polar surface area (TPSA) is 114 Å². The number of nitrogens with one attached hydrogen (secondary N) is 2. The van der Waals surface area contributed by atoms with E-state index in [4.69, 9.17) is 16.1 Å². The van der Waals surface area contributed by atoms with Crippen LogP contribution in [0, 0.1) is 33.1 Å². The number of anilines is 1. The molecule has 4 N–H and O–H groups in total. The number of nitrogens with two attached hydrogens (primary N) is 1. The van der Waals surface area contributed by atoms with Gasteiger partial charge in [-0.1, -0.05) is 30.3 Å². The van der Waals surface area contributed by atoms with Crippen LogP contribution in [-0.4, -0.2) is 23.8 Å². The maximum absolute atomic E-state index is 13.3. The van der Waals surface area contributed by atoms with Crippen molar-refractivity contribution in [1.29, 1.82) is 5.41 Å². The number of rotatable bonds is 6. The summed E-state index contributed by atoms with van der Waals surface area (Å²) in [5.41, 5.74) is 12.8. The maximum Gasteiger partial charge on any atom is 0.262 e. The van der Waals surface area contributed by atoms with Gasteiger partial charge in [-0.25, -0.2) is 13.4 Å². The lowest BCUT2D eigenvalue weighted by Crippen LogP contribution is -2.17. The number of benzene rings is 3. The molecule has 0 aliphatic rings. The molecule has 0 amide bonds. The Morgan fingerprint density at radius 1 is 1.00 bits per heavy atom. The summed E-state index contributed by atoms with van der Waals surface area (Å²) in [6.07, 6.45) is 0.603. The van der Waals surface area contributed by atoms with Crippen molar-refractivity contribution < 1.29 is 8.42 Å². The summed E-state index contributed by atoms with van der Waals surface area (Å²) in [6.45, 7) is 7.53. The van der Waals surface area contributed by atoms with Gasteiger partial charge in [0.1, 0.15) is 11.7 Å². The summed E-state index contributed by atoms with van der Waals surface area (Å²) in [4.78, 5) is 5.09. The van der Waals surface area contributed by atoms with E-state index in [1.165, 1.54) is 0 Å². The van der Waals surface area contributed by atoms with Crippen molar-refractivity contribution in [2.45, 2.75) is 39.0 Å². The van der Waals surface area contributed by atoms with Gasteiger partial charge in [-0.2, -0.15) is 0 Å². The summed E-state index contributed by atoms with van der Waals surface area (Å²) < 4.78 is 31.4. The van der Waals surface area contributed by atoms with Crippen molar-refractivity contribution in [3.05, 3.63) is 87.7 Å². The number of nitrogen functional groups attached to an aromatic ring is 1. The van der Waals surface area contributed by atoms with Crippen LogP contribution >= 0.6 is 12.4 Å². The van der Waals surface area contributed by atoms with Crippen molar-refractivity contribution >= 4 is 45.0 Å². The second kappa shape index (κ2) is 9.71. The minimum absolute atomic E-state index is 0. The zero-order valence-corrected chi connectivity index (χ0v) is 22.1. The van der Waals surface area contributed by atoms with Crippen LogP contribution in [0.15, 0.2) is 53.4 Å². The highest BCUT2D eigenvalue weighted by atomic mass is 35.5. The average Bonchev–Trinajstić information content (AvgIpc) is 3.07. The number of nitrogens with zero attached hydrogens (tertiary/aromatic N) is 2. The quantitative estimate of drug-likeness (QED) is 0.252. The zero-order chi connectivity index (χ0) is 24.8. The minimum atomic E-state index is -3.76. The molecule has 9 heteroatoms. The molecule has 7 nitrogen and oxygen atoms in total. The number of imidazole rings is 1. The molecular formula is C26H30ClN5O2S. The van der Waals surface area contributed by atoms with Crippen LogP contribution in [0.25, 0.3) is 11.0 Å². The highest BCUT2D eigenvalue weighted by Gasteiger charge is 2.22. The molecule has 0 saturated heterocycles. The third-order valence-electron chi connectivity index (χ3n) is 6.42. The van der Waals surface area contributed by atoms with Crippen LogP contribution in [0.4, 0.5) is 5.69 Å². The predicted octanol–water partition coefficient (Wildman–Crippen LogP) is 4.90. The molecule has 0 fully saturated rings. The van der Waals surface area contributed by atoms with E-state index in [0.717, 1.165) is 39.2 Å². The fourth-order valence-corrected chi connectivity index (χ4v) is 5.91. The smallest absolute Gasteiger partial charge is 0.262 e. The molecule has 1 aromatic heterocycles. The van der Waals surface area contributed by atoms with Gasteiger partial charge in [0.2, 0.25) is 0 Å². The Kier molecular flexibility index (Phi) is 7.29. The number of aromatic nitrogens is 2. The second-order valence-corrected chi connectivity index (χ2v) is 10.4. The van der Waals surface area contributed by atoms with Gasteiger partial charge in [-0.3, -0.25) is 10.1 Å². The molecule has 1 heterocycles. The first-order valence-electron chi connectivity index (χ1n) is 11.0. The Morgan fingerprint density at radius 3 is 2.17 bits per heavy atom. The standard InChI is InChI=1S/C26H29N5O2S.ClH/c1-15-12-16(2)18(4)25(17(15)3)34(32,33)30-21-10-11-23-22(14-21)29-24(31(23)5)13-19-6-8-20(9-7-19)26(27)28;/h6-12,14,30H,13H2,1-5H3,(H3,27,28);1H. The summed E-state index contributed by atoms with van der Waals surface area (Å²) in [5.74, 6) is 0.891. The maximum atomic E-state index is 13.3. The first-order valence-corrected chi connectivity index (χ1v) is 12.4. The summed E-state index contributed by atoms with van der Waals surface area (Å²) in [6, 6.07) is 14.9. The van der Waals surface area contributed by atoms with Crippen molar-refractivity contribution in [1.82, 2.24) is 9.55 Å². The molecule has 3 aromatic carbocycles. The summed E-state index contributed by atoms with van der Waals surface area (Å²) in [5, 5.41) is 7.53. The van der Waals surface area contributed by atoms with E-state index in [2.05, 4.69) is 4.72 Å². The molecule has 0 atom stereocenters. The highest BCUT2D eigenvalue weighted by molar-refractivity contribution is 7.92. The molecule has 4 aromatic rings. The molecule has 0 bridgehead atoms. The Hall–Kier alpha value is -3.36. The van der Waals surface area contributed by atoms with Gasteiger partial charge < -0.3 is 10.3 Å². The van der Waals surface area contributed by atoms with Gasteiger partial charge in [0.25, 0.3) is 10.0 Å². The molecular weight excluding hydrogens is 482 g/mol. The summed E-state index contributed by atoms with van der Waals surface area (Å²) >= 11 is 0. The van der Waals surface area contributed by atoms with E-state index in [0.29, 0.717) is 28.1 Å². The third-order valence-corrected chi connectivity index (χ3v) is 8.07. The SMILES string of the molecule is Cc1cc(C)c(C)c(S(=O)(=O)Nc2ccc3c(c2)nc(Cc2ccc(C(=N)N)cc2)n3C)c1C.Cl. The van der Waals surface area contributed by atoms with Gasteiger partial charge in [0, 0.05) is 19.0 Å². The van der Waals surface area contributed by atoms with E-state index in [1.54, 1.807) is 12.1 Å². The van der Waals surface area contributed by atoms with Crippen LogP contribution in [-0.2, 0) is 23.5 Å². The first-order chi connectivity index (χ1) is 16.0. The fourth-order valence-electron chi connectivity index (χ4n) is 4.25. The normalized spacial score (nSPS) is 11.3. The molecule has 184 valence electrons. The van der Waals surface area contributed by atoms with E-state index < -0.39 is 10.0 Å². The number of sulfonamides is 1. The van der Waals surface area contributed by atoms with Gasteiger partial charge in [0.15, 0.2) is 0 Å². The minimum Gasteiger partial charge on any atom is -0.384 e. The molecule has 0 spiro atoms. The second-order valence-electron chi connectivity index (χ2n) is 8.77. The van der Waals surface area contributed by atoms with E-state index in [-0.39, 0.29) is 18.2 Å². The molecule has 0 unspecified atom stereocenters. The molecule has 4 rings (SSSR count). The number of fused-ring (bicyclic) bond motifs is 1. The number of halogens is 1. The number of hydrogen-bond donors (Lipinski definition) is 3. The Morgan fingerprint density at radius 2 is 1.60 bits per heavy atom. The lowest BCUT2D eigenvalue weighted by atomic mass is 10.0. The van der Waals surface area contributed by atoms with E-state index in [1.807, 2.05) is 75.7 Å². The molecule has 0 saturated carbocycles. The van der Waals surface area contributed by atoms with Crippen molar-refractivity contribution in [2.24, 2.45) is 12.8 Å². The van der Waals surface area contributed by atoms with E-state index in [9.17, 15) is 8.42 Å². The van der Waals surface area contributed by atoms with Crippen LogP contribution in [0.3, 0.4) is 0 Å². The summed E-state index contributed by atoms with van der Waals surface area (Å²) in [7, 11) is -1.82. The Labute approximate surface area is 212 Å². The Bertz CT molecular complexity index is 1510. The molecule has 0 aliphatic heterocycles. The lowest BCUT2D eigenvalue weighted by molar-refractivity contribution is 0.599. The van der Waals surface area contributed by atoms with Gasteiger partial charge >= 0.3 is 0 Å². The number of amidine groups is 1. The largest absolute Gasteiger partial charge is 0.384 e. The Balaban J connectivity index is 0.00000342. The van der Waals surface area contributed by atoms with Crippen LogP contribution < -0.4 is 10.5 Å². The molecule has 35 heavy (non-hydrogen) atoms. The van der Waals surface area contributed by atoms with Gasteiger partial charge in [0.05, 0.1) is 21.6 Å². The number of hydrogen-bond acceptors (Lipinski definition) is 4.